The van der Waals surface area contributed by atoms with Crippen LogP contribution >= 0.6 is 0 Å². The Labute approximate surface area is 344 Å². The Balaban J connectivity index is 1.02. The molecule has 3 aliphatic carbocycles. The van der Waals surface area contributed by atoms with E-state index in [0.29, 0.717) is 24.3 Å². The lowest BCUT2D eigenvalue weighted by molar-refractivity contribution is -0.122. The van der Waals surface area contributed by atoms with Crippen molar-refractivity contribution < 1.29 is 34.7 Å². The van der Waals surface area contributed by atoms with Gasteiger partial charge in [0.1, 0.15) is 29.9 Å². The first kappa shape index (κ1) is 37.9. The van der Waals surface area contributed by atoms with Crippen LogP contribution in [0.4, 0.5) is 0 Å². The van der Waals surface area contributed by atoms with E-state index in [2.05, 4.69) is 40.3 Å². The standard InChI is InChI=1S/C48H50N4O7/c1-26-4-8-31(40(56)18-26)41(57)20-29(53)7-5-27-19-43-42(21-39(27)55)58-17-16-48(14-2-3-15-48)36-12-13-38(54)32-10-11-33-44-28(22-51-46(33)49)6-9-30(45(32)44)34-23-50-37-25-52(24-35(34)37)47(36)59-43/h4,8,10-11,19,21-24,26,30-31,36,38,40-41,46-47,51,54-57H,2-3,5-7,9,14-15,18,20,25,49H2,1H3/t26-,30-,31-,36-,38+,40-,41+,46+,47+/m1/s1. The molecule has 0 amide bonds. The second-order valence-corrected chi connectivity index (χ2v) is 17.7. The number of hydrogen-bond donors (Lipinski definition) is 6. The third-order valence-corrected chi connectivity index (χ3v) is 13.9. The summed E-state index contributed by atoms with van der Waals surface area (Å²) in [6.45, 7) is 2.49. The molecular formula is C48H50N4O7. The molecule has 0 aromatic heterocycles. The van der Waals surface area contributed by atoms with Gasteiger partial charge >= 0.3 is 0 Å². The van der Waals surface area contributed by atoms with Gasteiger partial charge in [0.15, 0.2) is 17.7 Å². The van der Waals surface area contributed by atoms with Crippen molar-refractivity contribution in [1.29, 1.82) is 0 Å². The minimum absolute atomic E-state index is 0.0219. The molecule has 0 radical (unpaired) electrons. The van der Waals surface area contributed by atoms with Crippen molar-refractivity contribution in [3.05, 3.63) is 94.0 Å². The Morgan fingerprint density at radius 2 is 1.97 bits per heavy atom. The third-order valence-electron chi connectivity index (χ3n) is 13.9. The number of benzene rings is 2. The summed E-state index contributed by atoms with van der Waals surface area (Å²) in [7, 11) is 0. The lowest BCUT2D eigenvalue weighted by atomic mass is 9.70. The molecule has 1 saturated carbocycles. The molecule has 11 heteroatoms. The maximum Gasteiger partial charge on any atom is 0.187 e. The van der Waals surface area contributed by atoms with Crippen LogP contribution in [0.25, 0.3) is 5.57 Å². The molecule has 0 saturated heterocycles. The molecule has 7 N–H and O–H groups in total. The number of aliphatic hydroxyl groups excluding tert-OH is 3. The lowest BCUT2D eigenvalue weighted by Crippen LogP contribution is -2.47. The van der Waals surface area contributed by atoms with E-state index >= 15 is 0 Å². The molecule has 11 nitrogen and oxygen atoms in total. The Bertz CT molecular complexity index is 2400. The lowest BCUT2D eigenvalue weighted by Gasteiger charge is -2.39. The summed E-state index contributed by atoms with van der Waals surface area (Å²) in [5.41, 5.74) is 14.7. The number of nitrogens with one attached hydrogen (secondary N) is 1. The van der Waals surface area contributed by atoms with Gasteiger partial charge in [-0.2, -0.15) is 0 Å². The van der Waals surface area contributed by atoms with Gasteiger partial charge in [0, 0.05) is 54.9 Å². The van der Waals surface area contributed by atoms with Crippen LogP contribution in [0.5, 0.6) is 17.2 Å². The Kier molecular flexibility index (Phi) is 9.49. The van der Waals surface area contributed by atoms with E-state index < -0.39 is 41.8 Å². The van der Waals surface area contributed by atoms with Crippen molar-refractivity contribution in [3.8, 4) is 41.1 Å². The van der Waals surface area contributed by atoms with Gasteiger partial charge in [0.25, 0.3) is 0 Å². The predicted molar refractivity (Wildman–Crippen MR) is 221 cm³/mol. The number of carbonyl (C=O) groups is 1. The summed E-state index contributed by atoms with van der Waals surface area (Å²) in [5, 5.41) is 48.1. The van der Waals surface area contributed by atoms with Gasteiger partial charge in [-0.3, -0.25) is 9.79 Å². The number of hydrogen-bond acceptors (Lipinski definition) is 11. The van der Waals surface area contributed by atoms with Crippen molar-refractivity contribution in [3.63, 3.8) is 0 Å². The number of ketones is 1. The molecular weight excluding hydrogens is 745 g/mol. The number of Topliss-reactive ketones (excluding diaryl/α,β-unsaturated/α-hetero) is 1. The summed E-state index contributed by atoms with van der Waals surface area (Å²) >= 11 is 0. The molecule has 59 heavy (non-hydrogen) atoms. The predicted octanol–water partition coefficient (Wildman–Crippen LogP) is 5.52. The monoisotopic (exact) mass is 794 g/mol. The van der Waals surface area contributed by atoms with Gasteiger partial charge < -0.3 is 45.9 Å². The van der Waals surface area contributed by atoms with Crippen LogP contribution < -0.4 is 20.5 Å². The molecule has 1 fully saturated rings. The second-order valence-electron chi connectivity index (χ2n) is 17.7. The van der Waals surface area contributed by atoms with Crippen LogP contribution in [-0.4, -0.2) is 61.8 Å². The van der Waals surface area contributed by atoms with Crippen LogP contribution in [-0.2, 0) is 11.2 Å². The first-order chi connectivity index (χ1) is 28.6. The molecule has 0 unspecified atom stereocenters. The van der Waals surface area contributed by atoms with Gasteiger partial charge in [-0.1, -0.05) is 61.8 Å². The van der Waals surface area contributed by atoms with Gasteiger partial charge in [-0.05, 0) is 89.5 Å². The van der Waals surface area contributed by atoms with Gasteiger partial charge in [-0.25, -0.2) is 0 Å². The zero-order chi connectivity index (χ0) is 40.6. The fourth-order valence-electron chi connectivity index (χ4n) is 10.8. The molecule has 8 aliphatic rings. The zero-order valence-electron chi connectivity index (χ0n) is 33.2. The number of aliphatic imine (C=N–C) groups is 1. The van der Waals surface area contributed by atoms with Gasteiger partial charge in [0.2, 0.25) is 0 Å². The number of phenolic OH excluding ortho intramolecular Hbond substituents is 1. The topological polar surface area (TPSA) is 170 Å². The molecule has 5 heterocycles. The number of carbonyl (C=O) groups excluding carboxylic acids is 1. The molecule has 10 rings (SSSR count). The number of ether oxygens (including phenoxy) is 2. The molecule has 5 aliphatic heterocycles. The van der Waals surface area contributed by atoms with Gasteiger partial charge in [0.05, 0.1) is 35.8 Å². The van der Waals surface area contributed by atoms with Crippen molar-refractivity contribution in [2.24, 2.45) is 33.9 Å². The van der Waals surface area contributed by atoms with E-state index in [4.69, 9.17) is 20.2 Å². The number of aromatic hydroxyl groups is 1. The average Bonchev–Trinajstić information content (AvgIpc) is 3.96. The number of rotatable bonds is 6. The SMILES string of the molecule is C[C@@H]1C=C[C@@H]([C@@H](O)CC(=O)CCc2cc3c(cc2O)OC#CC2(CCCC2)[C@@H]2C#C[C@H](O)c4ccc5c6c4[C@H](CCC6=CN[C@@H]5N)C4=CN=C5CN(C=C45)[C@H]2O3)[C@H](O)C1. The van der Waals surface area contributed by atoms with Crippen LogP contribution in [0, 0.1) is 47.0 Å². The summed E-state index contributed by atoms with van der Waals surface area (Å²) in [5.74, 6) is 9.94. The van der Waals surface area contributed by atoms with Crippen LogP contribution in [0.2, 0.25) is 0 Å². The molecule has 2 bridgehead atoms. The van der Waals surface area contributed by atoms with E-state index in [1.807, 2.05) is 43.6 Å². The van der Waals surface area contributed by atoms with E-state index in [-0.39, 0.29) is 54.5 Å². The molecule has 304 valence electrons. The fraction of sp³-hybridized carbons (Fsp3) is 0.458. The van der Waals surface area contributed by atoms with Gasteiger partial charge in [-0.15, -0.1) is 0 Å². The Morgan fingerprint density at radius 3 is 2.80 bits per heavy atom. The zero-order valence-corrected chi connectivity index (χ0v) is 33.2. The fourth-order valence-corrected chi connectivity index (χ4v) is 10.8. The third kappa shape index (κ3) is 6.56. The minimum Gasteiger partial charge on any atom is -0.508 e. The number of allylic oxidation sites excluding steroid dienone is 3. The van der Waals surface area contributed by atoms with Crippen LogP contribution in [0.3, 0.4) is 0 Å². The highest BCUT2D eigenvalue weighted by Crippen LogP contribution is 2.53. The number of aliphatic hydroxyl groups is 3. The first-order valence-corrected chi connectivity index (χ1v) is 21.2. The largest absolute Gasteiger partial charge is 0.508 e. The highest BCUT2D eigenvalue weighted by atomic mass is 16.5. The maximum absolute atomic E-state index is 13.2. The number of phenols is 1. The summed E-state index contributed by atoms with van der Waals surface area (Å²) in [6, 6.07) is 7.21. The first-order valence-electron chi connectivity index (χ1n) is 21.2. The second kappa shape index (κ2) is 14.8. The Hall–Kier alpha value is -5.30. The summed E-state index contributed by atoms with van der Waals surface area (Å²) < 4.78 is 13.2. The van der Waals surface area contributed by atoms with E-state index in [9.17, 15) is 25.2 Å². The van der Waals surface area contributed by atoms with Crippen LogP contribution in [0.1, 0.15) is 111 Å². The smallest absolute Gasteiger partial charge is 0.187 e. The van der Waals surface area contributed by atoms with E-state index in [1.165, 1.54) is 11.6 Å². The highest BCUT2D eigenvalue weighted by Gasteiger charge is 2.49. The Morgan fingerprint density at radius 1 is 1.14 bits per heavy atom. The highest BCUT2D eigenvalue weighted by molar-refractivity contribution is 6.10. The van der Waals surface area contributed by atoms with E-state index in [1.54, 1.807) is 6.07 Å². The molecule has 2 aromatic rings. The normalized spacial score (nSPS) is 30.7. The number of nitrogens with two attached hydrogens (primary N) is 1. The van der Waals surface area contributed by atoms with Crippen LogP contribution in [0.15, 0.2) is 71.2 Å². The molecule has 9 atom stereocenters. The molecule has 2 aromatic carbocycles. The number of aryl methyl sites for hydroxylation is 1. The average molecular weight is 795 g/mol. The number of fused-ring (bicyclic) bond motifs is 6. The quantitative estimate of drug-likeness (QED) is 0.162. The van der Waals surface area contributed by atoms with E-state index in [0.717, 1.165) is 77.6 Å². The summed E-state index contributed by atoms with van der Waals surface area (Å²) in [6.07, 6.45) is 15.0. The minimum atomic E-state index is -1.09. The van der Waals surface area contributed by atoms with Crippen molar-refractivity contribution in [2.75, 3.05) is 6.54 Å². The van der Waals surface area contributed by atoms with Crippen molar-refractivity contribution in [1.82, 2.24) is 10.2 Å². The van der Waals surface area contributed by atoms with Crippen molar-refractivity contribution in [2.45, 2.75) is 108 Å². The number of nitrogens with zero attached hydrogens (tertiary/aromatic N) is 2. The molecule has 1 spiro atoms. The van der Waals surface area contributed by atoms with Crippen molar-refractivity contribution >= 4 is 17.1 Å². The summed E-state index contributed by atoms with van der Waals surface area (Å²) in [4.78, 5) is 20.3. The maximum atomic E-state index is 13.2.